The number of morpholine rings is 1. The number of hydrogen-bond acceptors (Lipinski definition) is 3. The normalized spacial score (nSPS) is 27.4. The van der Waals surface area contributed by atoms with Crippen LogP contribution in [0.4, 0.5) is 0 Å². The van der Waals surface area contributed by atoms with Crippen molar-refractivity contribution in [2.45, 2.75) is 31.5 Å². The zero-order valence-corrected chi connectivity index (χ0v) is 12.2. The standard InChI is InChI=1S/C13H17BrN2O3/c14-9-4-12(13(17)18)16(5-9)7-11-6-15-3-1-2-10(15)8-19-11/h4-5,10-11H,1-3,6-8H2,(H,17,18). The van der Waals surface area contributed by atoms with E-state index in [1.54, 1.807) is 10.6 Å². The molecule has 2 aliphatic rings. The smallest absolute Gasteiger partial charge is 0.352 e. The molecular weight excluding hydrogens is 312 g/mol. The van der Waals surface area contributed by atoms with Crippen molar-refractivity contribution >= 4 is 21.9 Å². The maximum Gasteiger partial charge on any atom is 0.352 e. The molecule has 104 valence electrons. The van der Waals surface area contributed by atoms with E-state index in [9.17, 15) is 4.79 Å². The lowest BCUT2D eigenvalue weighted by Crippen LogP contribution is -2.47. The van der Waals surface area contributed by atoms with E-state index in [1.165, 1.54) is 12.8 Å². The largest absolute Gasteiger partial charge is 0.477 e. The number of aromatic carboxylic acids is 1. The van der Waals surface area contributed by atoms with Gasteiger partial charge in [0.15, 0.2) is 0 Å². The van der Waals surface area contributed by atoms with Gasteiger partial charge in [-0.25, -0.2) is 4.79 Å². The number of fused-ring (bicyclic) bond motifs is 1. The summed E-state index contributed by atoms with van der Waals surface area (Å²) in [7, 11) is 0. The van der Waals surface area contributed by atoms with Crippen molar-refractivity contribution in [3.63, 3.8) is 0 Å². The Morgan fingerprint density at radius 3 is 3.21 bits per heavy atom. The Morgan fingerprint density at radius 1 is 1.58 bits per heavy atom. The number of ether oxygens (including phenoxy) is 1. The first-order valence-corrected chi connectivity index (χ1v) is 7.37. The Kier molecular flexibility index (Phi) is 3.64. The van der Waals surface area contributed by atoms with Gasteiger partial charge in [-0.2, -0.15) is 0 Å². The van der Waals surface area contributed by atoms with Crippen molar-refractivity contribution in [1.82, 2.24) is 9.47 Å². The van der Waals surface area contributed by atoms with E-state index >= 15 is 0 Å². The summed E-state index contributed by atoms with van der Waals surface area (Å²) < 4.78 is 8.42. The molecule has 2 fully saturated rings. The summed E-state index contributed by atoms with van der Waals surface area (Å²) in [6.07, 6.45) is 4.35. The minimum absolute atomic E-state index is 0.0757. The fourth-order valence-corrected chi connectivity index (χ4v) is 3.48. The van der Waals surface area contributed by atoms with Gasteiger partial charge in [-0.3, -0.25) is 4.90 Å². The molecule has 2 aliphatic heterocycles. The number of nitrogens with zero attached hydrogens (tertiary/aromatic N) is 2. The Hall–Kier alpha value is -0.850. The number of carboxylic acid groups (broad SMARTS) is 1. The quantitative estimate of drug-likeness (QED) is 0.919. The summed E-state index contributed by atoms with van der Waals surface area (Å²) in [5, 5.41) is 9.17. The molecule has 0 aromatic carbocycles. The molecule has 0 bridgehead atoms. The van der Waals surface area contributed by atoms with Crippen LogP contribution in [0.1, 0.15) is 23.3 Å². The van der Waals surface area contributed by atoms with Gasteiger partial charge in [-0.15, -0.1) is 0 Å². The topological polar surface area (TPSA) is 54.7 Å². The molecule has 6 heteroatoms. The molecule has 2 unspecified atom stereocenters. The predicted octanol–water partition coefficient (Wildman–Crippen LogP) is 1.81. The number of carboxylic acids is 1. The molecular formula is C13H17BrN2O3. The second-order valence-corrected chi connectivity index (χ2v) is 6.16. The van der Waals surface area contributed by atoms with Crippen LogP contribution in [0.15, 0.2) is 16.7 Å². The summed E-state index contributed by atoms with van der Waals surface area (Å²) in [6.45, 7) is 3.41. The SMILES string of the molecule is O=C(O)c1cc(Br)cn1CC1CN2CCCC2CO1. The molecule has 2 atom stereocenters. The number of aromatic nitrogens is 1. The first kappa shape index (κ1) is 13.1. The molecule has 1 aromatic heterocycles. The second-order valence-electron chi connectivity index (χ2n) is 5.25. The maximum absolute atomic E-state index is 11.2. The van der Waals surface area contributed by atoms with Gasteiger partial charge in [0, 0.05) is 23.3 Å². The maximum atomic E-state index is 11.2. The van der Waals surface area contributed by atoms with Crippen LogP contribution < -0.4 is 0 Å². The Balaban J connectivity index is 1.70. The molecule has 0 amide bonds. The van der Waals surface area contributed by atoms with Crippen LogP contribution in [0.2, 0.25) is 0 Å². The van der Waals surface area contributed by atoms with Gasteiger partial charge in [0.2, 0.25) is 0 Å². The molecule has 1 aromatic rings. The Labute approximate surface area is 120 Å². The number of carbonyl (C=O) groups is 1. The van der Waals surface area contributed by atoms with Gasteiger partial charge in [-0.1, -0.05) is 0 Å². The van der Waals surface area contributed by atoms with Gasteiger partial charge >= 0.3 is 5.97 Å². The molecule has 0 aliphatic carbocycles. The van der Waals surface area contributed by atoms with Gasteiger partial charge in [0.1, 0.15) is 5.69 Å². The zero-order chi connectivity index (χ0) is 13.4. The van der Waals surface area contributed by atoms with Gasteiger partial charge in [-0.05, 0) is 41.4 Å². The molecule has 19 heavy (non-hydrogen) atoms. The summed E-state index contributed by atoms with van der Waals surface area (Å²) in [5.74, 6) is -0.902. The third-order valence-corrected chi connectivity index (χ3v) is 4.38. The van der Waals surface area contributed by atoms with Gasteiger partial charge in [0.05, 0.1) is 19.3 Å². The van der Waals surface area contributed by atoms with E-state index in [1.807, 2.05) is 6.20 Å². The number of rotatable bonds is 3. The van der Waals surface area contributed by atoms with Crippen molar-refractivity contribution in [2.24, 2.45) is 0 Å². The summed E-state index contributed by atoms with van der Waals surface area (Å²) >= 11 is 3.33. The highest BCUT2D eigenvalue weighted by molar-refractivity contribution is 9.10. The number of hydrogen-bond donors (Lipinski definition) is 1. The first-order valence-electron chi connectivity index (χ1n) is 6.58. The average molecular weight is 329 g/mol. The molecule has 0 saturated carbocycles. The molecule has 3 heterocycles. The van der Waals surface area contributed by atoms with Crippen molar-refractivity contribution in [1.29, 1.82) is 0 Å². The molecule has 0 radical (unpaired) electrons. The van der Waals surface area contributed by atoms with Crippen LogP contribution in [-0.2, 0) is 11.3 Å². The lowest BCUT2D eigenvalue weighted by Gasteiger charge is -2.35. The van der Waals surface area contributed by atoms with Crippen molar-refractivity contribution in [2.75, 3.05) is 19.7 Å². The van der Waals surface area contributed by atoms with E-state index < -0.39 is 5.97 Å². The lowest BCUT2D eigenvalue weighted by molar-refractivity contribution is -0.0553. The van der Waals surface area contributed by atoms with Crippen LogP contribution >= 0.6 is 15.9 Å². The Morgan fingerprint density at radius 2 is 2.42 bits per heavy atom. The minimum Gasteiger partial charge on any atom is -0.477 e. The van der Waals surface area contributed by atoms with Crippen molar-refractivity contribution in [3.8, 4) is 0 Å². The fourth-order valence-electron chi connectivity index (χ4n) is 3.02. The third-order valence-electron chi connectivity index (χ3n) is 3.94. The minimum atomic E-state index is -0.902. The first-order chi connectivity index (χ1) is 9.13. The van der Waals surface area contributed by atoms with Crippen molar-refractivity contribution < 1.29 is 14.6 Å². The molecule has 2 saturated heterocycles. The highest BCUT2D eigenvalue weighted by Crippen LogP contribution is 2.24. The number of halogens is 1. The van der Waals surface area contributed by atoms with Gasteiger partial charge < -0.3 is 14.4 Å². The van der Waals surface area contributed by atoms with E-state index in [4.69, 9.17) is 9.84 Å². The van der Waals surface area contributed by atoms with Crippen LogP contribution in [-0.4, -0.2) is 52.4 Å². The summed E-state index contributed by atoms with van der Waals surface area (Å²) in [4.78, 5) is 13.6. The summed E-state index contributed by atoms with van der Waals surface area (Å²) in [5.41, 5.74) is 0.305. The van der Waals surface area contributed by atoms with Gasteiger partial charge in [0.25, 0.3) is 0 Å². The zero-order valence-electron chi connectivity index (χ0n) is 10.6. The molecule has 0 spiro atoms. The molecule has 3 rings (SSSR count). The molecule has 1 N–H and O–H groups in total. The molecule has 5 nitrogen and oxygen atoms in total. The second kappa shape index (κ2) is 5.26. The average Bonchev–Trinajstić information content (AvgIpc) is 2.95. The van der Waals surface area contributed by atoms with E-state index in [0.717, 1.165) is 24.2 Å². The van der Waals surface area contributed by atoms with Crippen LogP contribution in [0.3, 0.4) is 0 Å². The van der Waals surface area contributed by atoms with E-state index in [2.05, 4.69) is 20.8 Å². The fraction of sp³-hybridized carbons (Fsp3) is 0.615. The van der Waals surface area contributed by atoms with E-state index in [0.29, 0.717) is 18.3 Å². The highest BCUT2D eigenvalue weighted by Gasteiger charge is 2.32. The Bertz CT molecular complexity index is 488. The highest BCUT2D eigenvalue weighted by atomic mass is 79.9. The van der Waals surface area contributed by atoms with Crippen LogP contribution in [0, 0.1) is 0 Å². The summed E-state index contributed by atoms with van der Waals surface area (Å²) in [6, 6.07) is 2.20. The van der Waals surface area contributed by atoms with Crippen LogP contribution in [0.25, 0.3) is 0 Å². The predicted molar refractivity (Wildman–Crippen MR) is 73.4 cm³/mol. The third kappa shape index (κ3) is 2.70. The van der Waals surface area contributed by atoms with Crippen molar-refractivity contribution in [3.05, 3.63) is 22.4 Å². The van der Waals surface area contributed by atoms with Crippen LogP contribution in [0.5, 0.6) is 0 Å². The monoisotopic (exact) mass is 328 g/mol. The lowest BCUT2D eigenvalue weighted by atomic mass is 10.2. The van der Waals surface area contributed by atoms with E-state index in [-0.39, 0.29) is 6.10 Å².